The molecule has 0 radical (unpaired) electrons. The third-order valence-electron chi connectivity index (χ3n) is 5.14. The first-order chi connectivity index (χ1) is 12.8. The molecule has 28 heavy (non-hydrogen) atoms. The van der Waals surface area contributed by atoms with Gasteiger partial charge < -0.3 is 10.2 Å². The number of carbonyl (C=O) groups excluding carboxylic acids is 1. The van der Waals surface area contributed by atoms with E-state index in [9.17, 15) is 13.2 Å². The van der Waals surface area contributed by atoms with E-state index < -0.39 is 16.1 Å². The smallest absolute Gasteiger partial charge is 0.263 e. The molecule has 9 heteroatoms. The molecule has 0 spiro atoms. The summed E-state index contributed by atoms with van der Waals surface area (Å²) in [5.74, 6) is 0.524. The van der Waals surface area contributed by atoms with E-state index in [1.165, 1.54) is 0 Å². The lowest BCUT2D eigenvalue weighted by molar-refractivity contribution is -0.134. The first kappa shape index (κ1) is 22.6. The molecule has 1 unspecified atom stereocenters. The van der Waals surface area contributed by atoms with Crippen molar-refractivity contribution in [2.24, 2.45) is 10.9 Å². The molecular weight excluding hydrogens is 400 g/mol. The largest absolute Gasteiger partial charge is 0.341 e. The molecule has 0 aliphatic carbocycles. The van der Waals surface area contributed by atoms with Crippen molar-refractivity contribution in [2.75, 3.05) is 20.1 Å². The number of fused-ring (bicyclic) bond motifs is 1. The molecule has 156 valence electrons. The van der Waals surface area contributed by atoms with Crippen LogP contribution in [0.2, 0.25) is 0 Å². The number of carbonyl (C=O) groups is 1. The summed E-state index contributed by atoms with van der Waals surface area (Å²) < 4.78 is 27.1. The van der Waals surface area contributed by atoms with Crippen molar-refractivity contribution in [1.29, 1.82) is 0 Å². The predicted octanol–water partition coefficient (Wildman–Crippen LogP) is 1.77. The zero-order valence-corrected chi connectivity index (χ0v) is 18.1. The van der Waals surface area contributed by atoms with Crippen LogP contribution in [0.3, 0.4) is 0 Å². The topological polar surface area (TPSA) is 90.9 Å². The number of hydrogen-bond acceptors (Lipinski definition) is 5. The van der Waals surface area contributed by atoms with E-state index in [0.29, 0.717) is 31.1 Å². The minimum Gasteiger partial charge on any atom is -0.341 e. The Balaban J connectivity index is 0.00000280. The zero-order chi connectivity index (χ0) is 19.6. The fraction of sp³-hybridized carbons (Fsp3) is 0.579. The Morgan fingerprint density at radius 3 is 2.54 bits per heavy atom. The molecule has 2 aliphatic heterocycles. The van der Waals surface area contributed by atoms with Crippen LogP contribution in [-0.4, -0.2) is 57.3 Å². The van der Waals surface area contributed by atoms with Crippen LogP contribution in [0.5, 0.6) is 0 Å². The molecular formula is C19H29ClN4O3S. The van der Waals surface area contributed by atoms with E-state index in [-0.39, 0.29) is 35.0 Å². The second kappa shape index (κ2) is 9.24. The molecule has 7 nitrogen and oxygen atoms in total. The van der Waals surface area contributed by atoms with E-state index in [0.717, 1.165) is 12.8 Å². The highest BCUT2D eigenvalue weighted by atomic mass is 35.5. The van der Waals surface area contributed by atoms with E-state index in [2.05, 4.69) is 15.0 Å². The summed E-state index contributed by atoms with van der Waals surface area (Å²) in [7, 11) is -1.66. The third-order valence-corrected chi connectivity index (χ3v) is 6.54. The number of benzene rings is 1. The van der Waals surface area contributed by atoms with Crippen molar-refractivity contribution in [1.82, 2.24) is 14.9 Å². The molecule has 1 saturated heterocycles. The maximum atomic E-state index is 13.1. The SMILES string of the molecule is CNC1CCN(C(=O)C(CC(C)C)N=C2NS(=O)(=O)c3ccccc32)CC1.Cl. The summed E-state index contributed by atoms with van der Waals surface area (Å²) >= 11 is 0. The molecule has 1 fully saturated rings. The van der Waals surface area contributed by atoms with Crippen molar-refractivity contribution in [3.63, 3.8) is 0 Å². The van der Waals surface area contributed by atoms with Crippen LogP contribution in [0.1, 0.15) is 38.7 Å². The van der Waals surface area contributed by atoms with Crippen LogP contribution in [0.4, 0.5) is 0 Å². The second-order valence-electron chi connectivity index (χ2n) is 7.61. The van der Waals surface area contributed by atoms with E-state index in [1.807, 2.05) is 25.8 Å². The molecule has 3 rings (SSSR count). The lowest BCUT2D eigenvalue weighted by Crippen LogP contribution is -2.47. The second-order valence-corrected chi connectivity index (χ2v) is 9.26. The number of hydrogen-bond donors (Lipinski definition) is 2. The van der Waals surface area contributed by atoms with Gasteiger partial charge in [0.1, 0.15) is 11.9 Å². The molecule has 1 atom stereocenters. The highest BCUT2D eigenvalue weighted by Crippen LogP contribution is 2.24. The van der Waals surface area contributed by atoms with Gasteiger partial charge in [0.25, 0.3) is 10.0 Å². The molecule has 0 saturated carbocycles. The summed E-state index contributed by atoms with van der Waals surface area (Å²) in [6.07, 6.45) is 2.42. The molecule has 1 amide bonds. The Bertz CT molecular complexity index is 833. The fourth-order valence-corrected chi connectivity index (χ4v) is 4.88. The molecule has 2 heterocycles. The van der Waals surface area contributed by atoms with Gasteiger partial charge in [-0.3, -0.25) is 14.5 Å². The molecule has 1 aromatic rings. The highest BCUT2D eigenvalue weighted by Gasteiger charge is 2.33. The van der Waals surface area contributed by atoms with Crippen LogP contribution in [0.15, 0.2) is 34.2 Å². The van der Waals surface area contributed by atoms with Gasteiger partial charge in [0.05, 0.1) is 4.90 Å². The van der Waals surface area contributed by atoms with Gasteiger partial charge in [-0.25, -0.2) is 8.42 Å². The maximum absolute atomic E-state index is 13.1. The van der Waals surface area contributed by atoms with Gasteiger partial charge in [-0.1, -0.05) is 26.0 Å². The summed E-state index contributed by atoms with van der Waals surface area (Å²) in [6.45, 7) is 5.49. The first-order valence-electron chi connectivity index (χ1n) is 9.48. The highest BCUT2D eigenvalue weighted by molar-refractivity contribution is 7.90. The standard InChI is InChI=1S/C19H28N4O3S.ClH/c1-13(2)12-16(19(24)23-10-8-14(20-3)9-11-23)21-18-15-6-4-5-7-17(15)27(25,26)22-18;/h4-7,13-14,16,20H,8-12H2,1-3H3,(H,21,22);1H. The van der Waals surface area contributed by atoms with Crippen LogP contribution in [-0.2, 0) is 14.8 Å². The average molecular weight is 429 g/mol. The summed E-state index contributed by atoms with van der Waals surface area (Å²) in [5, 5.41) is 3.26. The van der Waals surface area contributed by atoms with E-state index in [4.69, 9.17) is 0 Å². The lowest BCUT2D eigenvalue weighted by Gasteiger charge is -2.33. The minimum atomic E-state index is -3.60. The summed E-state index contributed by atoms with van der Waals surface area (Å²) in [4.78, 5) is 19.8. The Labute approximate surface area is 173 Å². The number of aliphatic imine (C=N–C) groups is 1. The third kappa shape index (κ3) is 4.85. The van der Waals surface area contributed by atoms with Crippen molar-refractivity contribution in [3.05, 3.63) is 29.8 Å². The number of piperidine rings is 1. The van der Waals surface area contributed by atoms with Gasteiger partial charge in [0.2, 0.25) is 5.91 Å². The van der Waals surface area contributed by atoms with Crippen molar-refractivity contribution in [3.8, 4) is 0 Å². The number of sulfonamides is 1. The number of halogens is 1. The van der Waals surface area contributed by atoms with Crippen LogP contribution >= 0.6 is 12.4 Å². The first-order valence-corrected chi connectivity index (χ1v) is 11.0. The zero-order valence-electron chi connectivity index (χ0n) is 16.5. The summed E-state index contributed by atoms with van der Waals surface area (Å²) in [5.41, 5.74) is 0.535. The number of nitrogens with one attached hydrogen (secondary N) is 2. The number of nitrogens with zero attached hydrogens (tertiary/aromatic N) is 2. The van der Waals surface area contributed by atoms with Crippen molar-refractivity contribution >= 4 is 34.2 Å². The maximum Gasteiger partial charge on any atom is 0.263 e. The van der Waals surface area contributed by atoms with Gasteiger partial charge in [-0.05, 0) is 44.4 Å². The average Bonchev–Trinajstić information content (AvgIpc) is 2.91. The summed E-state index contributed by atoms with van der Waals surface area (Å²) in [6, 6.07) is 6.60. The minimum absolute atomic E-state index is 0. The van der Waals surface area contributed by atoms with Gasteiger partial charge in [0.15, 0.2) is 0 Å². The van der Waals surface area contributed by atoms with E-state index >= 15 is 0 Å². The fourth-order valence-electron chi connectivity index (χ4n) is 3.64. The van der Waals surface area contributed by atoms with Gasteiger partial charge in [0, 0.05) is 24.7 Å². The van der Waals surface area contributed by atoms with Gasteiger partial charge >= 0.3 is 0 Å². The monoisotopic (exact) mass is 428 g/mol. The molecule has 1 aromatic carbocycles. The number of rotatable bonds is 5. The Morgan fingerprint density at radius 2 is 1.93 bits per heavy atom. The van der Waals surface area contributed by atoms with Gasteiger partial charge in [-0.2, -0.15) is 0 Å². The lowest BCUT2D eigenvalue weighted by atomic mass is 10.00. The normalized spacial score (nSPS) is 21.1. The number of likely N-dealkylation sites (tertiary alicyclic amines) is 1. The quantitative estimate of drug-likeness (QED) is 0.747. The Morgan fingerprint density at radius 1 is 1.29 bits per heavy atom. The Kier molecular flexibility index (Phi) is 7.47. The number of amides is 1. The van der Waals surface area contributed by atoms with Crippen LogP contribution < -0.4 is 10.0 Å². The predicted molar refractivity (Wildman–Crippen MR) is 112 cm³/mol. The Hall–Kier alpha value is -1.64. The molecule has 0 bridgehead atoms. The van der Waals surface area contributed by atoms with Crippen molar-refractivity contribution in [2.45, 2.75) is 50.1 Å². The van der Waals surface area contributed by atoms with Crippen LogP contribution in [0, 0.1) is 5.92 Å². The molecule has 0 aromatic heterocycles. The van der Waals surface area contributed by atoms with Crippen molar-refractivity contribution < 1.29 is 13.2 Å². The molecule has 2 aliphatic rings. The molecule has 2 N–H and O–H groups in total. The van der Waals surface area contributed by atoms with Gasteiger partial charge in [-0.15, -0.1) is 12.4 Å². The van der Waals surface area contributed by atoms with Crippen LogP contribution in [0.25, 0.3) is 0 Å². The van der Waals surface area contributed by atoms with E-state index in [1.54, 1.807) is 24.3 Å². The number of amidine groups is 1.